The van der Waals surface area contributed by atoms with Crippen molar-refractivity contribution in [2.45, 2.75) is 19.9 Å². The topological polar surface area (TPSA) is 41.1 Å². The predicted molar refractivity (Wildman–Crippen MR) is 87.8 cm³/mol. The van der Waals surface area contributed by atoms with Gasteiger partial charge in [-0.25, -0.2) is 4.98 Å². The summed E-state index contributed by atoms with van der Waals surface area (Å²) in [5.74, 6) is 4.12. The minimum atomic E-state index is 0.515. The highest BCUT2D eigenvalue weighted by molar-refractivity contribution is 7.99. The third-order valence-corrected chi connectivity index (χ3v) is 4.75. The molecule has 0 amide bonds. The normalized spacial score (nSPS) is 19.3. The minimum absolute atomic E-state index is 0.515. The summed E-state index contributed by atoms with van der Waals surface area (Å²) in [7, 11) is 0. The van der Waals surface area contributed by atoms with Crippen molar-refractivity contribution in [1.29, 1.82) is 0 Å². The van der Waals surface area contributed by atoms with E-state index in [0.29, 0.717) is 6.04 Å². The van der Waals surface area contributed by atoms with Crippen LogP contribution in [0.4, 0.5) is 11.8 Å². The molecule has 1 N–H and O–H groups in total. The number of anilines is 2. The third kappa shape index (κ3) is 2.54. The van der Waals surface area contributed by atoms with E-state index in [0.717, 1.165) is 41.5 Å². The van der Waals surface area contributed by atoms with Crippen LogP contribution in [0.2, 0.25) is 0 Å². The number of rotatable bonds is 3. The maximum Gasteiger partial charge on any atom is 0.225 e. The molecule has 1 aromatic heterocycles. The Morgan fingerprint density at radius 2 is 2.20 bits per heavy atom. The molecule has 1 atom stereocenters. The third-order valence-electron chi connectivity index (χ3n) is 3.56. The van der Waals surface area contributed by atoms with Crippen molar-refractivity contribution >= 4 is 34.4 Å². The van der Waals surface area contributed by atoms with E-state index in [1.165, 1.54) is 5.75 Å². The van der Waals surface area contributed by atoms with Gasteiger partial charge in [0.05, 0.1) is 5.52 Å². The summed E-state index contributed by atoms with van der Waals surface area (Å²) in [6, 6.07) is 8.79. The first-order valence-corrected chi connectivity index (χ1v) is 8.30. The molecular formula is C15H20N4S. The van der Waals surface area contributed by atoms with Gasteiger partial charge in [-0.3, -0.25) is 0 Å². The molecule has 0 radical (unpaired) electrons. The lowest BCUT2D eigenvalue weighted by Gasteiger charge is -2.34. The molecule has 1 unspecified atom stereocenters. The molecular weight excluding hydrogens is 268 g/mol. The molecule has 20 heavy (non-hydrogen) atoms. The van der Waals surface area contributed by atoms with Crippen LogP contribution >= 0.6 is 11.8 Å². The summed E-state index contributed by atoms with van der Waals surface area (Å²) in [6.45, 7) is 6.23. The largest absolute Gasteiger partial charge is 0.354 e. The number of nitrogens with zero attached hydrogens (tertiary/aromatic N) is 3. The van der Waals surface area contributed by atoms with Crippen LogP contribution in [0.5, 0.6) is 0 Å². The van der Waals surface area contributed by atoms with Crippen molar-refractivity contribution in [3.05, 3.63) is 24.3 Å². The van der Waals surface area contributed by atoms with Gasteiger partial charge in [0.15, 0.2) is 0 Å². The second-order valence-electron chi connectivity index (χ2n) is 5.04. The van der Waals surface area contributed by atoms with Gasteiger partial charge in [0.1, 0.15) is 5.82 Å². The maximum atomic E-state index is 4.76. The van der Waals surface area contributed by atoms with E-state index >= 15 is 0 Å². The van der Waals surface area contributed by atoms with Crippen molar-refractivity contribution in [3.8, 4) is 0 Å². The first-order valence-electron chi connectivity index (χ1n) is 7.14. The molecule has 2 heterocycles. The lowest BCUT2D eigenvalue weighted by Crippen LogP contribution is -2.41. The molecule has 1 fully saturated rings. The summed E-state index contributed by atoms with van der Waals surface area (Å²) in [5, 5.41) is 4.39. The molecule has 1 aliphatic rings. The van der Waals surface area contributed by atoms with Crippen molar-refractivity contribution < 1.29 is 0 Å². The monoisotopic (exact) mass is 288 g/mol. The van der Waals surface area contributed by atoms with Crippen LogP contribution in [0.25, 0.3) is 10.9 Å². The molecule has 2 aromatic rings. The average Bonchev–Trinajstić information content (AvgIpc) is 2.47. The maximum absolute atomic E-state index is 4.76. The fourth-order valence-corrected chi connectivity index (χ4v) is 3.57. The predicted octanol–water partition coefficient (Wildman–Crippen LogP) is 3.00. The molecule has 5 heteroatoms. The van der Waals surface area contributed by atoms with Gasteiger partial charge in [0.25, 0.3) is 0 Å². The quantitative estimate of drug-likeness (QED) is 0.940. The zero-order valence-electron chi connectivity index (χ0n) is 12.0. The lowest BCUT2D eigenvalue weighted by molar-refractivity contribution is 0.692. The summed E-state index contributed by atoms with van der Waals surface area (Å²) in [5.41, 5.74) is 1.01. The number of hydrogen-bond donors (Lipinski definition) is 1. The Kier molecular flexibility index (Phi) is 3.96. The van der Waals surface area contributed by atoms with Crippen molar-refractivity contribution in [2.24, 2.45) is 0 Å². The first-order chi connectivity index (χ1) is 9.79. The number of thioether (sulfide) groups is 1. The number of aromatic nitrogens is 2. The fourth-order valence-electron chi connectivity index (χ4n) is 2.56. The Labute approximate surface area is 124 Å². The van der Waals surface area contributed by atoms with Gasteiger partial charge in [0, 0.05) is 36.0 Å². The Morgan fingerprint density at radius 1 is 1.35 bits per heavy atom. The SMILES string of the molecule is CCNc1nc(N2CCSCC2C)c2ccccc2n1. The molecule has 1 aliphatic heterocycles. The zero-order chi connectivity index (χ0) is 13.9. The van der Waals surface area contributed by atoms with Crippen LogP contribution in [-0.4, -0.2) is 40.6 Å². The van der Waals surface area contributed by atoms with Gasteiger partial charge in [-0.2, -0.15) is 16.7 Å². The molecule has 1 aromatic carbocycles. The minimum Gasteiger partial charge on any atom is -0.354 e. The Hall–Kier alpha value is -1.49. The van der Waals surface area contributed by atoms with Gasteiger partial charge in [-0.1, -0.05) is 12.1 Å². The van der Waals surface area contributed by atoms with Crippen LogP contribution in [0.1, 0.15) is 13.8 Å². The molecule has 0 aliphatic carbocycles. The fraction of sp³-hybridized carbons (Fsp3) is 0.467. The van der Waals surface area contributed by atoms with Gasteiger partial charge >= 0.3 is 0 Å². The van der Waals surface area contributed by atoms with E-state index in [-0.39, 0.29) is 0 Å². The Morgan fingerprint density at radius 3 is 3.00 bits per heavy atom. The number of hydrogen-bond acceptors (Lipinski definition) is 5. The van der Waals surface area contributed by atoms with E-state index < -0.39 is 0 Å². The van der Waals surface area contributed by atoms with E-state index in [1.54, 1.807) is 0 Å². The first kappa shape index (κ1) is 13.5. The van der Waals surface area contributed by atoms with E-state index in [1.807, 2.05) is 17.8 Å². The zero-order valence-corrected chi connectivity index (χ0v) is 12.8. The van der Waals surface area contributed by atoms with Crippen LogP contribution in [-0.2, 0) is 0 Å². The molecule has 0 saturated carbocycles. The lowest BCUT2D eigenvalue weighted by atomic mass is 10.2. The average molecular weight is 288 g/mol. The van der Waals surface area contributed by atoms with Gasteiger partial charge in [0.2, 0.25) is 5.95 Å². The molecule has 3 rings (SSSR count). The summed E-state index contributed by atoms with van der Waals surface area (Å²) < 4.78 is 0. The molecule has 0 bridgehead atoms. The molecule has 1 saturated heterocycles. The van der Waals surface area contributed by atoms with Crippen LogP contribution in [0.3, 0.4) is 0 Å². The standard InChI is InChI=1S/C15H20N4S/c1-3-16-15-17-13-7-5-4-6-12(13)14(18-15)19-8-9-20-10-11(19)2/h4-7,11H,3,8-10H2,1-2H3,(H,16,17,18). The highest BCUT2D eigenvalue weighted by atomic mass is 32.2. The number of nitrogens with one attached hydrogen (secondary N) is 1. The van der Waals surface area contributed by atoms with Crippen molar-refractivity contribution in [3.63, 3.8) is 0 Å². The number of fused-ring (bicyclic) bond motifs is 1. The second kappa shape index (κ2) is 5.87. The smallest absolute Gasteiger partial charge is 0.225 e. The van der Waals surface area contributed by atoms with Crippen molar-refractivity contribution in [2.75, 3.05) is 34.8 Å². The van der Waals surface area contributed by atoms with Gasteiger partial charge < -0.3 is 10.2 Å². The molecule has 4 nitrogen and oxygen atoms in total. The van der Waals surface area contributed by atoms with E-state index in [4.69, 9.17) is 4.98 Å². The Balaban J connectivity index is 2.11. The summed E-state index contributed by atoms with van der Waals surface area (Å²) >= 11 is 2.02. The van der Waals surface area contributed by atoms with E-state index in [2.05, 4.69) is 47.2 Å². The Bertz CT molecular complexity index is 601. The van der Waals surface area contributed by atoms with Gasteiger partial charge in [-0.05, 0) is 26.0 Å². The summed E-state index contributed by atoms with van der Waals surface area (Å²) in [4.78, 5) is 11.8. The second-order valence-corrected chi connectivity index (χ2v) is 6.19. The van der Waals surface area contributed by atoms with Crippen LogP contribution in [0, 0.1) is 0 Å². The van der Waals surface area contributed by atoms with Crippen LogP contribution in [0.15, 0.2) is 24.3 Å². The highest BCUT2D eigenvalue weighted by Crippen LogP contribution is 2.29. The van der Waals surface area contributed by atoms with Gasteiger partial charge in [-0.15, -0.1) is 0 Å². The van der Waals surface area contributed by atoms with Crippen LogP contribution < -0.4 is 10.2 Å². The highest BCUT2D eigenvalue weighted by Gasteiger charge is 2.22. The number of benzene rings is 1. The van der Waals surface area contributed by atoms with E-state index in [9.17, 15) is 0 Å². The molecule has 106 valence electrons. The summed E-state index contributed by atoms with van der Waals surface area (Å²) in [6.07, 6.45) is 0. The number of para-hydroxylation sites is 1. The molecule has 0 spiro atoms. The van der Waals surface area contributed by atoms with Crippen molar-refractivity contribution in [1.82, 2.24) is 9.97 Å².